The maximum absolute atomic E-state index is 12.2. The van der Waals surface area contributed by atoms with Gasteiger partial charge in [-0.05, 0) is 55.2 Å². The van der Waals surface area contributed by atoms with Crippen molar-refractivity contribution in [1.29, 1.82) is 0 Å². The Morgan fingerprint density at radius 3 is 2.32 bits per heavy atom. The van der Waals surface area contributed by atoms with Crippen molar-refractivity contribution >= 4 is 17.8 Å². The third kappa shape index (κ3) is 7.13. The maximum Gasteiger partial charge on any atom is 0.325 e. The SMILES string of the molecule is C[C@@H]1CCCC[C@H]1NC(=O)COC(=O)CNC(=O)c1ccc(Oc2ccccc2)cc1. The largest absolute Gasteiger partial charge is 0.457 e. The first-order valence-corrected chi connectivity index (χ1v) is 10.6. The van der Waals surface area contributed by atoms with Gasteiger partial charge in [0.25, 0.3) is 11.8 Å². The molecular weight excluding hydrogens is 396 g/mol. The lowest BCUT2D eigenvalue weighted by Crippen LogP contribution is -2.43. The summed E-state index contributed by atoms with van der Waals surface area (Å²) in [6.45, 7) is 1.46. The van der Waals surface area contributed by atoms with Crippen molar-refractivity contribution < 1.29 is 23.9 Å². The molecule has 0 spiro atoms. The van der Waals surface area contributed by atoms with Gasteiger partial charge >= 0.3 is 5.97 Å². The first kappa shape index (κ1) is 22.3. The molecule has 0 bridgehead atoms. The number of hydrogen-bond donors (Lipinski definition) is 2. The lowest BCUT2D eigenvalue weighted by molar-refractivity contribution is -0.147. The van der Waals surface area contributed by atoms with E-state index >= 15 is 0 Å². The predicted molar refractivity (Wildman–Crippen MR) is 116 cm³/mol. The van der Waals surface area contributed by atoms with E-state index in [1.807, 2.05) is 30.3 Å². The normalized spacial score (nSPS) is 18.0. The Bertz CT molecular complexity index is 883. The van der Waals surface area contributed by atoms with Crippen LogP contribution in [-0.4, -0.2) is 37.0 Å². The lowest BCUT2D eigenvalue weighted by atomic mass is 9.86. The van der Waals surface area contributed by atoms with Crippen LogP contribution >= 0.6 is 0 Å². The minimum atomic E-state index is -0.663. The zero-order valence-electron chi connectivity index (χ0n) is 17.6. The summed E-state index contributed by atoms with van der Waals surface area (Å²) in [6, 6.07) is 16.0. The zero-order valence-corrected chi connectivity index (χ0v) is 17.6. The Balaban J connectivity index is 1.37. The third-order valence-electron chi connectivity index (χ3n) is 5.31. The van der Waals surface area contributed by atoms with Gasteiger partial charge < -0.3 is 20.1 Å². The fourth-order valence-electron chi connectivity index (χ4n) is 3.53. The van der Waals surface area contributed by atoms with E-state index in [4.69, 9.17) is 9.47 Å². The van der Waals surface area contributed by atoms with Gasteiger partial charge in [0.05, 0.1) is 0 Å². The maximum atomic E-state index is 12.2. The molecule has 1 aliphatic rings. The van der Waals surface area contributed by atoms with Gasteiger partial charge in [-0.25, -0.2) is 0 Å². The molecule has 7 nitrogen and oxygen atoms in total. The number of esters is 1. The van der Waals surface area contributed by atoms with Crippen LogP contribution in [0.3, 0.4) is 0 Å². The van der Waals surface area contributed by atoms with Crippen LogP contribution in [0.1, 0.15) is 43.0 Å². The van der Waals surface area contributed by atoms with E-state index in [0.717, 1.165) is 19.3 Å². The van der Waals surface area contributed by atoms with Crippen LogP contribution in [0, 0.1) is 5.92 Å². The van der Waals surface area contributed by atoms with Gasteiger partial charge in [0.2, 0.25) is 0 Å². The molecule has 0 unspecified atom stereocenters. The molecule has 2 atom stereocenters. The number of amides is 2. The molecule has 1 saturated carbocycles. The Morgan fingerprint density at radius 2 is 1.61 bits per heavy atom. The summed E-state index contributed by atoms with van der Waals surface area (Å²) in [4.78, 5) is 36.1. The molecule has 7 heteroatoms. The predicted octanol–water partition coefficient (Wildman–Crippen LogP) is 3.45. The van der Waals surface area contributed by atoms with Crippen molar-refractivity contribution in [2.75, 3.05) is 13.2 Å². The quantitative estimate of drug-likeness (QED) is 0.633. The van der Waals surface area contributed by atoms with Crippen LogP contribution < -0.4 is 15.4 Å². The Morgan fingerprint density at radius 1 is 0.935 bits per heavy atom. The fourth-order valence-corrected chi connectivity index (χ4v) is 3.53. The number of carbonyl (C=O) groups is 3. The molecule has 3 rings (SSSR count). The van der Waals surface area contributed by atoms with Crippen LogP contribution in [0.15, 0.2) is 54.6 Å². The van der Waals surface area contributed by atoms with Crippen molar-refractivity contribution in [3.05, 3.63) is 60.2 Å². The van der Waals surface area contributed by atoms with Gasteiger partial charge in [-0.1, -0.05) is 38.0 Å². The zero-order chi connectivity index (χ0) is 22.1. The lowest BCUT2D eigenvalue weighted by Gasteiger charge is -2.29. The average molecular weight is 424 g/mol. The Labute approximate surface area is 182 Å². The Kier molecular flexibility index (Phi) is 8.04. The summed E-state index contributed by atoms with van der Waals surface area (Å²) in [5.74, 6) is 0.336. The molecule has 1 fully saturated rings. The van der Waals surface area contributed by atoms with E-state index in [-0.39, 0.29) is 25.1 Å². The molecule has 0 heterocycles. The molecule has 2 aromatic carbocycles. The highest BCUT2D eigenvalue weighted by molar-refractivity contribution is 5.96. The van der Waals surface area contributed by atoms with Crippen molar-refractivity contribution in [3.63, 3.8) is 0 Å². The summed E-state index contributed by atoms with van der Waals surface area (Å²) < 4.78 is 10.6. The van der Waals surface area contributed by atoms with E-state index in [2.05, 4.69) is 17.6 Å². The van der Waals surface area contributed by atoms with E-state index < -0.39 is 11.9 Å². The number of ether oxygens (including phenoxy) is 2. The molecular formula is C24H28N2O5. The standard InChI is InChI=1S/C24H28N2O5/c1-17-7-5-6-10-21(17)26-22(27)16-30-23(28)15-25-24(29)18-11-13-20(14-12-18)31-19-8-3-2-4-9-19/h2-4,8-9,11-14,17,21H,5-7,10,15-16H2,1H3,(H,25,29)(H,26,27)/t17-,21-/m1/s1. The van der Waals surface area contributed by atoms with Crippen molar-refractivity contribution in [2.45, 2.75) is 38.6 Å². The summed E-state index contributed by atoms with van der Waals surface area (Å²) in [5, 5.41) is 5.42. The van der Waals surface area contributed by atoms with Gasteiger partial charge in [-0.15, -0.1) is 0 Å². The van der Waals surface area contributed by atoms with Crippen LogP contribution in [0.25, 0.3) is 0 Å². The van der Waals surface area contributed by atoms with Crippen LogP contribution in [0.4, 0.5) is 0 Å². The monoisotopic (exact) mass is 424 g/mol. The highest BCUT2D eigenvalue weighted by Gasteiger charge is 2.23. The molecule has 1 aliphatic carbocycles. The second-order valence-electron chi connectivity index (χ2n) is 7.72. The van der Waals surface area contributed by atoms with E-state index in [1.165, 1.54) is 6.42 Å². The number of nitrogens with one attached hydrogen (secondary N) is 2. The van der Waals surface area contributed by atoms with Crippen molar-refractivity contribution in [1.82, 2.24) is 10.6 Å². The minimum absolute atomic E-state index is 0.133. The van der Waals surface area contributed by atoms with E-state index in [9.17, 15) is 14.4 Å². The van der Waals surface area contributed by atoms with Gasteiger partial charge in [0.1, 0.15) is 18.0 Å². The van der Waals surface area contributed by atoms with Crippen LogP contribution in [0.2, 0.25) is 0 Å². The molecule has 0 aliphatic heterocycles. The number of carbonyl (C=O) groups excluding carboxylic acids is 3. The first-order chi connectivity index (χ1) is 15.0. The number of rotatable bonds is 8. The summed E-state index contributed by atoms with van der Waals surface area (Å²) in [5.41, 5.74) is 0.386. The van der Waals surface area contributed by atoms with Gasteiger partial charge in [0.15, 0.2) is 6.61 Å². The molecule has 2 aromatic rings. The van der Waals surface area contributed by atoms with Crippen molar-refractivity contribution in [2.24, 2.45) is 5.92 Å². The van der Waals surface area contributed by atoms with E-state index in [1.54, 1.807) is 24.3 Å². The van der Waals surface area contributed by atoms with E-state index in [0.29, 0.717) is 23.0 Å². The number of benzene rings is 2. The second kappa shape index (κ2) is 11.2. The van der Waals surface area contributed by atoms with Gasteiger partial charge in [0, 0.05) is 11.6 Å². The second-order valence-corrected chi connectivity index (χ2v) is 7.72. The molecule has 2 amide bonds. The highest BCUT2D eigenvalue weighted by atomic mass is 16.5. The van der Waals surface area contributed by atoms with Crippen LogP contribution in [0.5, 0.6) is 11.5 Å². The average Bonchev–Trinajstić information content (AvgIpc) is 2.79. The summed E-state index contributed by atoms with van der Waals surface area (Å²) in [7, 11) is 0. The highest BCUT2D eigenvalue weighted by Crippen LogP contribution is 2.23. The molecule has 0 aromatic heterocycles. The molecule has 31 heavy (non-hydrogen) atoms. The molecule has 0 radical (unpaired) electrons. The fraction of sp³-hybridized carbons (Fsp3) is 0.375. The van der Waals surface area contributed by atoms with Crippen LogP contribution in [-0.2, 0) is 14.3 Å². The van der Waals surface area contributed by atoms with Gasteiger partial charge in [-0.2, -0.15) is 0 Å². The number of hydrogen-bond acceptors (Lipinski definition) is 5. The smallest absolute Gasteiger partial charge is 0.325 e. The first-order valence-electron chi connectivity index (χ1n) is 10.6. The minimum Gasteiger partial charge on any atom is -0.457 e. The molecule has 2 N–H and O–H groups in total. The Hall–Kier alpha value is -3.35. The molecule has 164 valence electrons. The van der Waals surface area contributed by atoms with Gasteiger partial charge in [-0.3, -0.25) is 14.4 Å². The summed E-state index contributed by atoms with van der Waals surface area (Å²) in [6.07, 6.45) is 4.33. The number of para-hydroxylation sites is 1. The summed E-state index contributed by atoms with van der Waals surface area (Å²) >= 11 is 0. The third-order valence-corrected chi connectivity index (χ3v) is 5.31. The molecule has 0 saturated heterocycles. The van der Waals surface area contributed by atoms with Crippen molar-refractivity contribution in [3.8, 4) is 11.5 Å². The topological polar surface area (TPSA) is 93.7 Å².